The van der Waals surface area contributed by atoms with Crippen molar-refractivity contribution in [3.8, 4) is 11.1 Å². The van der Waals surface area contributed by atoms with Crippen LogP contribution >= 0.6 is 0 Å². The van der Waals surface area contributed by atoms with Gasteiger partial charge in [-0.15, -0.1) is 0 Å². The predicted octanol–water partition coefficient (Wildman–Crippen LogP) is 5.39. The van der Waals surface area contributed by atoms with Crippen molar-refractivity contribution in [2.75, 3.05) is 16.8 Å². The van der Waals surface area contributed by atoms with Crippen LogP contribution in [0.1, 0.15) is 24.0 Å². The Morgan fingerprint density at radius 3 is 2.41 bits per heavy atom. The number of carbonyl (C=O) groups excluding carboxylic acids is 2. The van der Waals surface area contributed by atoms with Crippen LogP contribution in [0.2, 0.25) is 0 Å². The lowest BCUT2D eigenvalue weighted by Gasteiger charge is -2.32. The second-order valence-electron chi connectivity index (χ2n) is 8.10. The molecule has 2 aromatic carbocycles. The molecule has 1 aliphatic heterocycles. The molecular formula is C25H23F3N4O2. The number of aryl methyl sites for hydroxylation is 1. The molecule has 0 bridgehead atoms. The van der Waals surface area contributed by atoms with E-state index >= 15 is 0 Å². The number of nitrogens with one attached hydrogen (secondary N) is 2. The Morgan fingerprint density at radius 1 is 1.06 bits per heavy atom. The van der Waals surface area contributed by atoms with Crippen molar-refractivity contribution < 1.29 is 22.8 Å². The van der Waals surface area contributed by atoms with E-state index < -0.39 is 23.8 Å². The van der Waals surface area contributed by atoms with Gasteiger partial charge in [-0.05, 0) is 73.4 Å². The van der Waals surface area contributed by atoms with E-state index in [1.54, 1.807) is 17.3 Å². The summed E-state index contributed by atoms with van der Waals surface area (Å²) < 4.78 is 38.1. The van der Waals surface area contributed by atoms with Gasteiger partial charge in [-0.2, -0.15) is 13.2 Å². The highest BCUT2D eigenvalue weighted by Gasteiger charge is 2.32. The number of hydrogen-bond acceptors (Lipinski definition) is 3. The molecule has 0 aliphatic carbocycles. The maximum Gasteiger partial charge on any atom is 0.416 e. The number of aromatic nitrogens is 1. The minimum atomic E-state index is -4.45. The monoisotopic (exact) mass is 468 g/mol. The number of benzene rings is 2. The third-order valence-corrected chi connectivity index (χ3v) is 5.74. The van der Waals surface area contributed by atoms with E-state index in [1.165, 1.54) is 12.1 Å². The number of amides is 3. The molecule has 3 aromatic rings. The topological polar surface area (TPSA) is 74.3 Å². The normalized spacial score (nSPS) is 16.3. The standard InChI is InChI=1S/C25H23F3N4O2/c1-16-12-13-29-15-21(16)17-4-10-20(11-5-17)32-14-2-3-22(23(32)33)31-24(34)30-19-8-6-18(7-9-19)25(26,27)28/h4-13,15,22H,2-3,14H2,1H3,(H2,30,31,34). The second kappa shape index (κ2) is 9.54. The molecule has 2 N–H and O–H groups in total. The third-order valence-electron chi connectivity index (χ3n) is 5.74. The van der Waals surface area contributed by atoms with Gasteiger partial charge in [0.25, 0.3) is 0 Å². The van der Waals surface area contributed by atoms with Crippen LogP contribution < -0.4 is 15.5 Å². The molecule has 1 fully saturated rings. The molecule has 1 aliphatic rings. The highest BCUT2D eigenvalue weighted by Crippen LogP contribution is 2.30. The molecule has 34 heavy (non-hydrogen) atoms. The number of urea groups is 1. The summed E-state index contributed by atoms with van der Waals surface area (Å²) in [7, 11) is 0. The molecule has 1 saturated heterocycles. The van der Waals surface area contributed by atoms with Gasteiger partial charge in [0.2, 0.25) is 5.91 Å². The second-order valence-corrected chi connectivity index (χ2v) is 8.10. The molecule has 1 aromatic heterocycles. The van der Waals surface area contributed by atoms with Gasteiger partial charge in [0.05, 0.1) is 5.56 Å². The van der Waals surface area contributed by atoms with Crippen LogP contribution in [0, 0.1) is 6.92 Å². The first-order valence-corrected chi connectivity index (χ1v) is 10.8. The van der Waals surface area contributed by atoms with Gasteiger partial charge in [0.1, 0.15) is 6.04 Å². The summed E-state index contributed by atoms with van der Waals surface area (Å²) in [6.07, 6.45) is 0.253. The number of carbonyl (C=O) groups is 2. The highest BCUT2D eigenvalue weighted by atomic mass is 19.4. The van der Waals surface area contributed by atoms with Crippen molar-refractivity contribution in [3.05, 3.63) is 78.1 Å². The number of piperidine rings is 1. The van der Waals surface area contributed by atoms with E-state index in [9.17, 15) is 22.8 Å². The predicted molar refractivity (Wildman–Crippen MR) is 123 cm³/mol. The maximum absolute atomic E-state index is 13.0. The fraction of sp³-hybridized carbons (Fsp3) is 0.240. The van der Waals surface area contributed by atoms with Crippen molar-refractivity contribution >= 4 is 23.3 Å². The molecule has 1 atom stereocenters. The summed E-state index contributed by atoms with van der Waals surface area (Å²) in [5.41, 5.74) is 3.22. The van der Waals surface area contributed by atoms with Crippen molar-refractivity contribution in [3.63, 3.8) is 0 Å². The van der Waals surface area contributed by atoms with Gasteiger partial charge < -0.3 is 15.5 Å². The Kier molecular flexibility index (Phi) is 6.54. The number of pyridine rings is 1. The van der Waals surface area contributed by atoms with Crippen LogP contribution in [-0.4, -0.2) is 29.5 Å². The SMILES string of the molecule is Cc1ccncc1-c1ccc(N2CCCC(NC(=O)Nc3ccc(C(F)(F)F)cc3)C2=O)cc1. The molecule has 176 valence electrons. The Morgan fingerprint density at radius 2 is 1.76 bits per heavy atom. The van der Waals surface area contributed by atoms with E-state index in [1.807, 2.05) is 37.3 Å². The number of alkyl halides is 3. The van der Waals surface area contributed by atoms with Crippen molar-refractivity contribution in [2.45, 2.75) is 32.0 Å². The molecule has 0 spiro atoms. The lowest BCUT2D eigenvalue weighted by atomic mass is 10.0. The zero-order valence-electron chi connectivity index (χ0n) is 18.4. The van der Waals surface area contributed by atoms with Gasteiger partial charge in [0.15, 0.2) is 0 Å². The summed E-state index contributed by atoms with van der Waals surface area (Å²) in [4.78, 5) is 31.2. The lowest BCUT2D eigenvalue weighted by molar-refractivity contribution is -0.137. The smallest absolute Gasteiger partial charge is 0.326 e. The van der Waals surface area contributed by atoms with E-state index in [-0.39, 0.29) is 11.6 Å². The van der Waals surface area contributed by atoms with Crippen molar-refractivity contribution in [1.82, 2.24) is 10.3 Å². The zero-order chi connectivity index (χ0) is 24.3. The molecule has 3 amide bonds. The van der Waals surface area contributed by atoms with Gasteiger partial charge in [-0.1, -0.05) is 12.1 Å². The highest BCUT2D eigenvalue weighted by molar-refractivity contribution is 6.01. The zero-order valence-corrected chi connectivity index (χ0v) is 18.4. The largest absolute Gasteiger partial charge is 0.416 e. The fourth-order valence-electron chi connectivity index (χ4n) is 3.92. The van der Waals surface area contributed by atoms with E-state index in [4.69, 9.17) is 0 Å². The van der Waals surface area contributed by atoms with Crippen molar-refractivity contribution in [2.24, 2.45) is 0 Å². The Bertz CT molecular complexity index is 1180. The van der Waals surface area contributed by atoms with Crippen molar-refractivity contribution in [1.29, 1.82) is 0 Å². The summed E-state index contributed by atoms with van der Waals surface area (Å²) in [5.74, 6) is -0.237. The Labute approximate surface area is 194 Å². The van der Waals surface area contributed by atoms with Gasteiger partial charge in [-0.25, -0.2) is 4.79 Å². The fourth-order valence-corrected chi connectivity index (χ4v) is 3.92. The molecule has 0 radical (unpaired) electrons. The van der Waals surface area contributed by atoms with Gasteiger partial charge in [0, 0.05) is 35.9 Å². The molecule has 4 rings (SSSR count). The lowest BCUT2D eigenvalue weighted by Crippen LogP contribution is -2.53. The first-order chi connectivity index (χ1) is 16.2. The summed E-state index contributed by atoms with van der Waals surface area (Å²) in [5, 5.41) is 5.11. The quantitative estimate of drug-likeness (QED) is 0.539. The average molecular weight is 468 g/mol. The molecule has 1 unspecified atom stereocenters. The van der Waals surface area contributed by atoms with Crippen LogP contribution in [0.3, 0.4) is 0 Å². The number of anilines is 2. The van der Waals surface area contributed by atoms with Gasteiger partial charge in [-0.3, -0.25) is 9.78 Å². The molecular weight excluding hydrogens is 445 g/mol. The summed E-state index contributed by atoms with van der Waals surface area (Å²) in [6, 6.07) is 12.3. The maximum atomic E-state index is 13.0. The summed E-state index contributed by atoms with van der Waals surface area (Å²) >= 11 is 0. The molecule has 0 saturated carbocycles. The minimum absolute atomic E-state index is 0.201. The first-order valence-electron chi connectivity index (χ1n) is 10.8. The van der Waals surface area contributed by atoms with E-state index in [0.717, 1.165) is 34.5 Å². The third kappa shape index (κ3) is 5.19. The number of halogens is 3. The number of hydrogen-bond donors (Lipinski definition) is 2. The van der Waals surface area contributed by atoms with Crippen LogP contribution in [0.4, 0.5) is 29.3 Å². The molecule has 6 nitrogen and oxygen atoms in total. The summed E-state index contributed by atoms with van der Waals surface area (Å²) in [6.45, 7) is 2.54. The van der Waals surface area contributed by atoms with Gasteiger partial charge >= 0.3 is 12.2 Å². The Hall–Kier alpha value is -3.88. The molecule has 9 heteroatoms. The van der Waals surface area contributed by atoms with Crippen LogP contribution in [0.5, 0.6) is 0 Å². The number of rotatable bonds is 4. The average Bonchev–Trinajstić information content (AvgIpc) is 2.81. The van der Waals surface area contributed by atoms with Crippen LogP contribution in [0.15, 0.2) is 67.0 Å². The first kappa shape index (κ1) is 23.3. The van der Waals surface area contributed by atoms with E-state index in [0.29, 0.717) is 19.4 Å². The van der Waals surface area contributed by atoms with Crippen LogP contribution in [-0.2, 0) is 11.0 Å². The minimum Gasteiger partial charge on any atom is -0.326 e. The molecule has 2 heterocycles. The van der Waals surface area contributed by atoms with Crippen LogP contribution in [0.25, 0.3) is 11.1 Å². The number of nitrogens with zero attached hydrogens (tertiary/aromatic N) is 2. The Balaban J connectivity index is 1.40. The van der Waals surface area contributed by atoms with E-state index in [2.05, 4.69) is 15.6 Å².